The van der Waals surface area contributed by atoms with Gasteiger partial charge in [-0.1, -0.05) is 13.3 Å². The number of rotatable bonds is 7. The number of carbonyl (C=O) groups is 1. The quantitative estimate of drug-likeness (QED) is 0.640. The first-order valence-corrected chi connectivity index (χ1v) is 5.96. The van der Waals surface area contributed by atoms with Crippen LogP contribution in [0.4, 0.5) is 0 Å². The van der Waals surface area contributed by atoms with Gasteiger partial charge in [0.15, 0.2) is 0 Å². The molecule has 0 aromatic carbocycles. The van der Waals surface area contributed by atoms with Crippen LogP contribution >= 0.6 is 0 Å². The smallest absolute Gasteiger partial charge is 0.231 e. The fourth-order valence-electron chi connectivity index (χ4n) is 2.06. The van der Waals surface area contributed by atoms with Gasteiger partial charge in [0.05, 0.1) is 6.54 Å². The third-order valence-electron chi connectivity index (χ3n) is 2.85. The van der Waals surface area contributed by atoms with Crippen molar-refractivity contribution >= 4 is 5.91 Å². The summed E-state index contributed by atoms with van der Waals surface area (Å²) in [6.07, 6.45) is 4.78. The van der Waals surface area contributed by atoms with E-state index in [2.05, 4.69) is 17.1 Å². The van der Waals surface area contributed by atoms with Crippen molar-refractivity contribution in [1.82, 2.24) is 10.2 Å². The Bertz CT molecular complexity index is 190. The molecule has 0 radical (unpaired) electrons. The third kappa shape index (κ3) is 5.14. The molecule has 1 aliphatic heterocycles. The number of unbranched alkanes of at least 4 members (excludes halogenated alkanes) is 1. The number of amides is 1. The molecule has 1 heterocycles. The van der Waals surface area contributed by atoms with Crippen molar-refractivity contribution < 1.29 is 4.79 Å². The van der Waals surface area contributed by atoms with Crippen molar-refractivity contribution in [3.05, 3.63) is 0 Å². The Hall–Kier alpha value is -0.610. The second kappa shape index (κ2) is 6.80. The summed E-state index contributed by atoms with van der Waals surface area (Å²) < 4.78 is 0. The molecule has 4 heteroatoms. The molecule has 0 aliphatic carbocycles. The fourth-order valence-corrected chi connectivity index (χ4v) is 2.06. The molecule has 1 fully saturated rings. The average Bonchev–Trinajstić information content (AvgIpc) is 2.66. The molecular formula is C11H23N3O. The lowest BCUT2D eigenvalue weighted by molar-refractivity contribution is -0.119. The summed E-state index contributed by atoms with van der Waals surface area (Å²) in [4.78, 5) is 13.1. The molecule has 0 bridgehead atoms. The van der Waals surface area contributed by atoms with E-state index in [1.54, 1.807) is 0 Å². The number of nitrogens with two attached hydrogens (primary N) is 1. The summed E-state index contributed by atoms with van der Waals surface area (Å²) in [5.41, 5.74) is 5.24. The number of hydrogen-bond acceptors (Lipinski definition) is 3. The van der Waals surface area contributed by atoms with Gasteiger partial charge in [0, 0.05) is 12.6 Å². The van der Waals surface area contributed by atoms with Gasteiger partial charge in [0.1, 0.15) is 0 Å². The van der Waals surface area contributed by atoms with Crippen molar-refractivity contribution in [1.29, 1.82) is 0 Å². The highest BCUT2D eigenvalue weighted by Crippen LogP contribution is 2.07. The van der Waals surface area contributed by atoms with Crippen LogP contribution < -0.4 is 11.1 Å². The van der Waals surface area contributed by atoms with Gasteiger partial charge in [0.25, 0.3) is 0 Å². The van der Waals surface area contributed by atoms with E-state index in [0.29, 0.717) is 12.6 Å². The standard InChI is InChI=1S/C11H23N3O/c1-2-3-7-14(9-11(12)15)8-10-5-4-6-13-10/h10,13H,2-9H2,1H3,(H2,12,15)/t10-/m0/s1. The molecule has 0 saturated carbocycles. The third-order valence-corrected chi connectivity index (χ3v) is 2.85. The SMILES string of the molecule is CCCCN(CC(N)=O)C[C@@H]1CCCN1. The van der Waals surface area contributed by atoms with Crippen LogP contribution in [-0.4, -0.2) is 43.0 Å². The zero-order valence-electron chi connectivity index (χ0n) is 9.67. The highest BCUT2D eigenvalue weighted by Gasteiger charge is 2.18. The number of hydrogen-bond donors (Lipinski definition) is 2. The van der Waals surface area contributed by atoms with Crippen LogP contribution in [0.15, 0.2) is 0 Å². The van der Waals surface area contributed by atoms with E-state index < -0.39 is 0 Å². The van der Waals surface area contributed by atoms with E-state index in [9.17, 15) is 4.79 Å². The summed E-state index contributed by atoms with van der Waals surface area (Å²) in [5.74, 6) is -0.218. The maximum atomic E-state index is 10.9. The largest absolute Gasteiger partial charge is 0.369 e. The molecule has 3 N–H and O–H groups in total. The Balaban J connectivity index is 2.29. The van der Waals surface area contributed by atoms with Crippen LogP contribution in [-0.2, 0) is 4.79 Å². The highest BCUT2D eigenvalue weighted by molar-refractivity contribution is 5.75. The first kappa shape index (κ1) is 12.5. The Morgan fingerprint density at radius 2 is 2.40 bits per heavy atom. The lowest BCUT2D eigenvalue weighted by Gasteiger charge is -2.24. The molecule has 1 atom stereocenters. The monoisotopic (exact) mass is 213 g/mol. The summed E-state index contributed by atoms with van der Waals surface area (Å²) in [5, 5.41) is 3.44. The minimum Gasteiger partial charge on any atom is -0.369 e. The van der Waals surface area contributed by atoms with Crippen molar-refractivity contribution in [3.63, 3.8) is 0 Å². The number of primary amides is 1. The lowest BCUT2D eigenvalue weighted by Crippen LogP contribution is -2.42. The zero-order chi connectivity index (χ0) is 11.1. The minimum absolute atomic E-state index is 0.218. The zero-order valence-corrected chi connectivity index (χ0v) is 9.67. The van der Waals surface area contributed by atoms with E-state index in [-0.39, 0.29) is 5.91 Å². The van der Waals surface area contributed by atoms with Crippen molar-refractivity contribution in [2.45, 2.75) is 38.6 Å². The summed E-state index contributed by atoms with van der Waals surface area (Å²) in [6, 6.07) is 0.557. The maximum absolute atomic E-state index is 10.9. The second-order valence-electron chi connectivity index (χ2n) is 4.35. The van der Waals surface area contributed by atoms with Crippen LogP contribution in [0, 0.1) is 0 Å². The molecule has 0 spiro atoms. The van der Waals surface area contributed by atoms with Gasteiger partial charge in [-0.2, -0.15) is 0 Å². The molecular weight excluding hydrogens is 190 g/mol. The Morgan fingerprint density at radius 3 is 2.93 bits per heavy atom. The molecule has 1 rings (SSSR count). The van der Waals surface area contributed by atoms with Gasteiger partial charge in [-0.3, -0.25) is 9.69 Å². The Kier molecular flexibility index (Phi) is 5.65. The predicted octanol–water partition coefficient (Wildman–Crippen LogP) is 0.326. The van der Waals surface area contributed by atoms with Gasteiger partial charge in [-0.05, 0) is 32.4 Å². The van der Waals surface area contributed by atoms with Gasteiger partial charge in [-0.15, -0.1) is 0 Å². The van der Waals surface area contributed by atoms with Gasteiger partial charge < -0.3 is 11.1 Å². The molecule has 1 aliphatic rings. The van der Waals surface area contributed by atoms with E-state index >= 15 is 0 Å². The van der Waals surface area contributed by atoms with Crippen molar-refractivity contribution in [2.75, 3.05) is 26.2 Å². The van der Waals surface area contributed by atoms with E-state index in [1.165, 1.54) is 12.8 Å². The van der Waals surface area contributed by atoms with E-state index in [1.807, 2.05) is 0 Å². The maximum Gasteiger partial charge on any atom is 0.231 e. The Labute approximate surface area is 92.2 Å². The average molecular weight is 213 g/mol. The number of nitrogens with one attached hydrogen (secondary N) is 1. The molecule has 4 nitrogen and oxygen atoms in total. The minimum atomic E-state index is -0.218. The normalized spacial score (nSPS) is 21.1. The van der Waals surface area contributed by atoms with Crippen LogP contribution in [0.1, 0.15) is 32.6 Å². The summed E-state index contributed by atoms with van der Waals surface area (Å²) in [6.45, 7) is 5.62. The molecule has 1 amide bonds. The number of carbonyl (C=O) groups excluding carboxylic acids is 1. The van der Waals surface area contributed by atoms with Crippen molar-refractivity contribution in [2.24, 2.45) is 5.73 Å². The van der Waals surface area contributed by atoms with Gasteiger partial charge >= 0.3 is 0 Å². The molecule has 88 valence electrons. The Morgan fingerprint density at radius 1 is 1.60 bits per heavy atom. The molecule has 0 aromatic heterocycles. The molecule has 0 unspecified atom stereocenters. The van der Waals surface area contributed by atoms with Crippen LogP contribution in [0.25, 0.3) is 0 Å². The summed E-state index contributed by atoms with van der Waals surface area (Å²) >= 11 is 0. The van der Waals surface area contributed by atoms with E-state index in [4.69, 9.17) is 5.73 Å². The fraction of sp³-hybridized carbons (Fsp3) is 0.909. The number of nitrogens with zero attached hydrogens (tertiary/aromatic N) is 1. The van der Waals surface area contributed by atoms with Gasteiger partial charge in [-0.25, -0.2) is 0 Å². The topological polar surface area (TPSA) is 58.4 Å². The molecule has 1 saturated heterocycles. The lowest BCUT2D eigenvalue weighted by atomic mass is 10.2. The first-order chi connectivity index (χ1) is 7.22. The first-order valence-electron chi connectivity index (χ1n) is 5.96. The highest BCUT2D eigenvalue weighted by atomic mass is 16.1. The van der Waals surface area contributed by atoms with Gasteiger partial charge in [0.2, 0.25) is 5.91 Å². The van der Waals surface area contributed by atoms with Crippen LogP contribution in [0.2, 0.25) is 0 Å². The van der Waals surface area contributed by atoms with Crippen molar-refractivity contribution in [3.8, 4) is 0 Å². The van der Waals surface area contributed by atoms with Crippen LogP contribution in [0.5, 0.6) is 0 Å². The second-order valence-corrected chi connectivity index (χ2v) is 4.35. The predicted molar refractivity (Wildman–Crippen MR) is 61.6 cm³/mol. The van der Waals surface area contributed by atoms with Crippen LogP contribution in [0.3, 0.4) is 0 Å². The molecule has 0 aromatic rings. The molecule has 15 heavy (non-hydrogen) atoms. The van der Waals surface area contributed by atoms with E-state index in [0.717, 1.165) is 32.5 Å². The summed E-state index contributed by atoms with van der Waals surface area (Å²) in [7, 11) is 0.